The summed E-state index contributed by atoms with van der Waals surface area (Å²) in [6.07, 6.45) is 0. The van der Waals surface area contributed by atoms with Gasteiger partial charge in [0.1, 0.15) is 0 Å². The normalized spacial score (nSPS) is 20.0. The molecule has 0 spiro atoms. The summed E-state index contributed by atoms with van der Waals surface area (Å²) in [5.41, 5.74) is 5.26. The highest BCUT2D eigenvalue weighted by molar-refractivity contribution is 6.33. The molecule has 2 unspecified atom stereocenters. The average Bonchev–Trinajstić information content (AvgIpc) is 3.34. The number of anilines is 1. The van der Waals surface area contributed by atoms with Gasteiger partial charge in [-0.25, -0.2) is 0 Å². The van der Waals surface area contributed by atoms with Gasteiger partial charge in [0.25, 0.3) is 5.91 Å². The van der Waals surface area contributed by atoms with E-state index in [0.29, 0.717) is 36.8 Å². The predicted molar refractivity (Wildman–Crippen MR) is 145 cm³/mol. The minimum Gasteiger partial charge on any atom is -0.368 e. The first-order chi connectivity index (χ1) is 17.4. The Balaban J connectivity index is 1.35. The van der Waals surface area contributed by atoms with Gasteiger partial charge in [0, 0.05) is 50.9 Å². The van der Waals surface area contributed by atoms with Crippen LogP contribution in [0.3, 0.4) is 0 Å². The molecule has 3 aromatic carbocycles. The molecule has 2 fully saturated rings. The Morgan fingerprint density at radius 3 is 2.14 bits per heavy atom. The monoisotopic (exact) mass is 501 g/mol. The Hall–Kier alpha value is -3.31. The van der Waals surface area contributed by atoms with Crippen LogP contribution in [0.25, 0.3) is 0 Å². The quantitative estimate of drug-likeness (QED) is 0.496. The molecule has 0 saturated carbocycles. The third-order valence-corrected chi connectivity index (χ3v) is 7.91. The summed E-state index contributed by atoms with van der Waals surface area (Å²) in [5, 5.41) is 0.441. The molecule has 0 aliphatic carbocycles. The average molecular weight is 502 g/mol. The summed E-state index contributed by atoms with van der Waals surface area (Å²) < 4.78 is 0. The Labute approximate surface area is 218 Å². The minimum atomic E-state index is -0.274. The van der Waals surface area contributed by atoms with Gasteiger partial charge in [0.2, 0.25) is 5.91 Å². The lowest BCUT2D eigenvalue weighted by Gasteiger charge is -2.38. The Kier molecular flexibility index (Phi) is 7.01. The molecule has 0 bridgehead atoms. The van der Waals surface area contributed by atoms with Crippen molar-refractivity contribution in [3.63, 3.8) is 0 Å². The first-order valence-electron chi connectivity index (χ1n) is 12.6. The SMILES string of the molecule is Cc1ccc(C2CN(C(=O)c3ccccc3Cl)CC2C(=O)N2CCN(c3ccccc3C)CC2)cc1. The highest BCUT2D eigenvalue weighted by Crippen LogP contribution is 2.36. The Morgan fingerprint density at radius 2 is 1.44 bits per heavy atom. The van der Waals surface area contributed by atoms with Gasteiger partial charge in [-0.05, 0) is 43.2 Å². The molecule has 0 N–H and O–H groups in total. The Bertz CT molecular complexity index is 1250. The van der Waals surface area contributed by atoms with Crippen LogP contribution in [0.5, 0.6) is 0 Å². The molecular weight excluding hydrogens is 470 g/mol. The fraction of sp³-hybridized carbons (Fsp3) is 0.333. The van der Waals surface area contributed by atoms with E-state index in [1.54, 1.807) is 17.0 Å². The lowest BCUT2D eigenvalue weighted by molar-refractivity contribution is -0.135. The van der Waals surface area contributed by atoms with Gasteiger partial charge in [-0.3, -0.25) is 9.59 Å². The van der Waals surface area contributed by atoms with E-state index in [-0.39, 0.29) is 23.7 Å². The number of nitrogens with zero attached hydrogens (tertiary/aromatic N) is 3. The third kappa shape index (κ3) is 4.85. The molecule has 0 radical (unpaired) electrons. The van der Waals surface area contributed by atoms with Crippen LogP contribution < -0.4 is 4.90 Å². The molecule has 6 heteroatoms. The Morgan fingerprint density at radius 1 is 0.778 bits per heavy atom. The maximum Gasteiger partial charge on any atom is 0.255 e. The van der Waals surface area contributed by atoms with Crippen LogP contribution in [-0.4, -0.2) is 60.9 Å². The smallest absolute Gasteiger partial charge is 0.255 e. The van der Waals surface area contributed by atoms with Gasteiger partial charge < -0.3 is 14.7 Å². The molecule has 36 heavy (non-hydrogen) atoms. The number of likely N-dealkylation sites (tertiary alicyclic amines) is 1. The summed E-state index contributed by atoms with van der Waals surface area (Å²) in [6.45, 7) is 8.07. The standard InChI is InChI=1S/C30H32ClN3O2/c1-21-11-13-23(14-12-21)25-19-34(29(35)24-8-4-5-9-27(24)31)20-26(25)30(36)33-17-15-32(16-18-33)28-10-6-3-7-22(28)2/h3-14,25-26H,15-20H2,1-2H3. The maximum absolute atomic E-state index is 13.9. The predicted octanol–water partition coefficient (Wildman–Crippen LogP) is 5.16. The number of piperazine rings is 1. The van der Waals surface area contributed by atoms with E-state index < -0.39 is 0 Å². The lowest BCUT2D eigenvalue weighted by Crippen LogP contribution is -2.51. The van der Waals surface area contributed by atoms with Crippen LogP contribution in [0, 0.1) is 19.8 Å². The van der Waals surface area contributed by atoms with Gasteiger partial charge in [-0.15, -0.1) is 0 Å². The second-order valence-corrected chi connectivity index (χ2v) is 10.3. The van der Waals surface area contributed by atoms with Crippen molar-refractivity contribution in [2.75, 3.05) is 44.2 Å². The fourth-order valence-electron chi connectivity index (χ4n) is 5.50. The number of benzene rings is 3. The highest BCUT2D eigenvalue weighted by Gasteiger charge is 2.43. The second kappa shape index (κ2) is 10.4. The molecule has 2 saturated heterocycles. The van der Waals surface area contributed by atoms with Crippen molar-refractivity contribution < 1.29 is 9.59 Å². The summed E-state index contributed by atoms with van der Waals surface area (Å²) in [5.74, 6) is -0.292. The first kappa shape index (κ1) is 24.4. The van der Waals surface area contributed by atoms with E-state index in [0.717, 1.165) is 18.7 Å². The van der Waals surface area contributed by atoms with Crippen LogP contribution in [0.15, 0.2) is 72.8 Å². The van der Waals surface area contributed by atoms with Gasteiger partial charge in [-0.1, -0.05) is 71.8 Å². The molecule has 2 heterocycles. The summed E-state index contributed by atoms with van der Waals surface area (Å²) in [7, 11) is 0. The van der Waals surface area contributed by atoms with Crippen LogP contribution in [0.2, 0.25) is 5.02 Å². The van der Waals surface area contributed by atoms with Crippen LogP contribution in [-0.2, 0) is 4.79 Å². The topological polar surface area (TPSA) is 43.9 Å². The number of para-hydroxylation sites is 1. The number of amides is 2. The number of hydrogen-bond donors (Lipinski definition) is 0. The second-order valence-electron chi connectivity index (χ2n) is 9.91. The summed E-state index contributed by atoms with van der Waals surface area (Å²) in [4.78, 5) is 33.4. The van der Waals surface area contributed by atoms with E-state index in [1.807, 2.05) is 17.0 Å². The van der Waals surface area contributed by atoms with E-state index in [9.17, 15) is 9.59 Å². The van der Waals surface area contributed by atoms with Crippen molar-refractivity contribution in [1.29, 1.82) is 0 Å². The number of rotatable bonds is 4. The van der Waals surface area contributed by atoms with Gasteiger partial charge in [0.05, 0.1) is 16.5 Å². The van der Waals surface area contributed by atoms with Crippen LogP contribution in [0.1, 0.15) is 33.0 Å². The lowest BCUT2D eigenvalue weighted by atomic mass is 9.87. The van der Waals surface area contributed by atoms with E-state index in [1.165, 1.54) is 16.8 Å². The first-order valence-corrected chi connectivity index (χ1v) is 13.0. The summed E-state index contributed by atoms with van der Waals surface area (Å²) in [6, 6.07) is 23.9. The molecule has 5 nitrogen and oxygen atoms in total. The molecule has 2 amide bonds. The molecule has 186 valence electrons. The zero-order valence-electron chi connectivity index (χ0n) is 20.9. The number of hydrogen-bond acceptors (Lipinski definition) is 3. The van der Waals surface area contributed by atoms with E-state index >= 15 is 0 Å². The van der Waals surface area contributed by atoms with Crippen LogP contribution in [0.4, 0.5) is 5.69 Å². The largest absolute Gasteiger partial charge is 0.368 e. The van der Waals surface area contributed by atoms with Crippen molar-refractivity contribution in [2.24, 2.45) is 5.92 Å². The molecular formula is C30H32ClN3O2. The zero-order chi connectivity index (χ0) is 25.2. The molecule has 5 rings (SSSR count). The van der Waals surface area contributed by atoms with Crippen molar-refractivity contribution in [3.05, 3.63) is 100 Å². The molecule has 2 aliphatic heterocycles. The van der Waals surface area contributed by atoms with Crippen LogP contribution >= 0.6 is 11.6 Å². The third-order valence-electron chi connectivity index (χ3n) is 7.58. The number of carbonyl (C=O) groups is 2. The zero-order valence-corrected chi connectivity index (χ0v) is 21.6. The van der Waals surface area contributed by atoms with Crippen molar-refractivity contribution in [2.45, 2.75) is 19.8 Å². The molecule has 2 atom stereocenters. The van der Waals surface area contributed by atoms with E-state index in [4.69, 9.17) is 11.6 Å². The van der Waals surface area contributed by atoms with Crippen molar-refractivity contribution >= 4 is 29.1 Å². The van der Waals surface area contributed by atoms with Gasteiger partial charge in [0.15, 0.2) is 0 Å². The van der Waals surface area contributed by atoms with Gasteiger partial charge in [-0.2, -0.15) is 0 Å². The van der Waals surface area contributed by atoms with Crippen molar-refractivity contribution in [3.8, 4) is 0 Å². The highest BCUT2D eigenvalue weighted by atomic mass is 35.5. The molecule has 3 aromatic rings. The van der Waals surface area contributed by atoms with E-state index in [2.05, 4.69) is 67.3 Å². The number of carbonyl (C=O) groups excluding carboxylic acids is 2. The van der Waals surface area contributed by atoms with Crippen molar-refractivity contribution in [1.82, 2.24) is 9.80 Å². The fourth-order valence-corrected chi connectivity index (χ4v) is 5.71. The number of halogens is 1. The van der Waals surface area contributed by atoms with Gasteiger partial charge >= 0.3 is 0 Å². The molecule has 0 aromatic heterocycles. The number of aryl methyl sites for hydroxylation is 2. The summed E-state index contributed by atoms with van der Waals surface area (Å²) >= 11 is 6.34. The molecule has 2 aliphatic rings. The minimum absolute atomic E-state index is 0.0427. The maximum atomic E-state index is 13.9.